The SMILES string of the molecule is CC.CC/C(C=N)=C/Cc1cccc(-c2ccccc2)c1.CCC. The van der Waals surface area contributed by atoms with Gasteiger partial charge in [-0.25, -0.2) is 0 Å². The fraction of sp³-hybridized carbons (Fsp3) is 0.348. The Morgan fingerprint density at radius 2 is 1.46 bits per heavy atom. The molecule has 0 heterocycles. The summed E-state index contributed by atoms with van der Waals surface area (Å²) in [4.78, 5) is 0. The van der Waals surface area contributed by atoms with Gasteiger partial charge in [-0.3, -0.25) is 0 Å². The predicted octanol–water partition coefficient (Wildman–Crippen LogP) is 7.32. The summed E-state index contributed by atoms with van der Waals surface area (Å²) >= 11 is 0. The third-order valence-corrected chi connectivity index (χ3v) is 3.23. The van der Waals surface area contributed by atoms with Crippen LogP contribution in [0.25, 0.3) is 11.1 Å². The summed E-state index contributed by atoms with van der Waals surface area (Å²) in [5, 5.41) is 7.31. The third-order valence-electron chi connectivity index (χ3n) is 3.23. The van der Waals surface area contributed by atoms with Gasteiger partial charge in [-0.1, -0.05) is 102 Å². The van der Waals surface area contributed by atoms with Crippen LogP contribution in [0.5, 0.6) is 0 Å². The minimum Gasteiger partial charge on any atom is -0.308 e. The van der Waals surface area contributed by atoms with Gasteiger partial charge in [0.05, 0.1) is 0 Å². The smallest absolute Gasteiger partial charge is 0.0206 e. The van der Waals surface area contributed by atoms with Crippen molar-refractivity contribution < 1.29 is 0 Å². The van der Waals surface area contributed by atoms with Crippen molar-refractivity contribution in [1.29, 1.82) is 5.41 Å². The average Bonchev–Trinajstić information content (AvgIpc) is 2.66. The molecule has 0 fully saturated rings. The standard InChI is InChI=1S/C18H19N.C3H8.C2H6/c1-2-15(14-19)11-12-16-7-6-10-18(13-16)17-8-4-3-5-9-17;1-3-2;1-2/h3-11,13-14,19H,2,12H2,1H3;3H2,1-2H3;1-2H3/b15-11-,19-14?;;. The first kappa shape index (κ1) is 21.9. The highest BCUT2D eigenvalue weighted by molar-refractivity contribution is 5.75. The Morgan fingerprint density at radius 1 is 0.875 bits per heavy atom. The highest BCUT2D eigenvalue weighted by Gasteiger charge is 1.98. The van der Waals surface area contributed by atoms with Gasteiger partial charge in [0.25, 0.3) is 0 Å². The van der Waals surface area contributed by atoms with Gasteiger partial charge in [-0.2, -0.15) is 0 Å². The van der Waals surface area contributed by atoms with Crippen LogP contribution in [0.2, 0.25) is 0 Å². The van der Waals surface area contributed by atoms with Crippen LogP contribution in [0.15, 0.2) is 66.2 Å². The molecule has 0 radical (unpaired) electrons. The van der Waals surface area contributed by atoms with Crippen molar-refractivity contribution in [2.75, 3.05) is 0 Å². The first-order chi connectivity index (χ1) is 11.7. The van der Waals surface area contributed by atoms with Crippen LogP contribution in [-0.2, 0) is 6.42 Å². The van der Waals surface area contributed by atoms with Crippen LogP contribution in [0.4, 0.5) is 0 Å². The van der Waals surface area contributed by atoms with Crippen molar-refractivity contribution in [2.45, 2.75) is 53.9 Å². The van der Waals surface area contributed by atoms with Crippen molar-refractivity contribution in [3.8, 4) is 11.1 Å². The van der Waals surface area contributed by atoms with Crippen molar-refractivity contribution in [3.05, 3.63) is 71.8 Å². The van der Waals surface area contributed by atoms with E-state index in [1.807, 2.05) is 19.9 Å². The summed E-state index contributed by atoms with van der Waals surface area (Å²) in [6, 6.07) is 19.0. The first-order valence-electron chi connectivity index (χ1n) is 9.08. The second-order valence-corrected chi connectivity index (χ2v) is 5.25. The molecule has 1 N–H and O–H groups in total. The lowest BCUT2D eigenvalue weighted by atomic mass is 10.0. The molecule has 0 aliphatic heterocycles. The Balaban J connectivity index is 0.000000952. The largest absolute Gasteiger partial charge is 0.308 e. The van der Waals surface area contributed by atoms with E-state index in [9.17, 15) is 0 Å². The highest BCUT2D eigenvalue weighted by Crippen LogP contribution is 2.20. The molecular weight excluding hydrogens is 290 g/mol. The van der Waals surface area contributed by atoms with Crippen LogP contribution in [-0.4, -0.2) is 6.21 Å². The molecule has 0 bridgehead atoms. The van der Waals surface area contributed by atoms with E-state index in [1.165, 1.54) is 29.3 Å². The number of nitrogens with one attached hydrogen (secondary N) is 1. The molecule has 0 aliphatic carbocycles. The van der Waals surface area contributed by atoms with Crippen LogP contribution >= 0.6 is 0 Å². The van der Waals surface area contributed by atoms with Crippen molar-refractivity contribution in [3.63, 3.8) is 0 Å². The van der Waals surface area contributed by atoms with Gasteiger partial charge in [0.2, 0.25) is 0 Å². The van der Waals surface area contributed by atoms with Gasteiger partial charge in [-0.05, 0) is 35.1 Å². The highest BCUT2D eigenvalue weighted by atomic mass is 14.3. The zero-order valence-electron chi connectivity index (χ0n) is 16.0. The van der Waals surface area contributed by atoms with E-state index < -0.39 is 0 Å². The Bertz CT molecular complexity index is 582. The molecule has 2 aromatic rings. The third kappa shape index (κ3) is 8.47. The van der Waals surface area contributed by atoms with E-state index in [0.29, 0.717) is 0 Å². The number of allylic oxidation sites excluding steroid dienone is 2. The van der Waals surface area contributed by atoms with Gasteiger partial charge in [0.15, 0.2) is 0 Å². The second-order valence-electron chi connectivity index (χ2n) is 5.25. The monoisotopic (exact) mass is 323 g/mol. The Morgan fingerprint density at radius 3 is 2.00 bits per heavy atom. The maximum absolute atomic E-state index is 7.31. The number of hydrogen-bond acceptors (Lipinski definition) is 1. The molecular formula is C23H33N. The normalized spacial score (nSPS) is 9.96. The van der Waals surface area contributed by atoms with E-state index >= 15 is 0 Å². The summed E-state index contributed by atoms with van der Waals surface area (Å²) in [7, 11) is 0. The number of rotatable bonds is 5. The molecule has 1 nitrogen and oxygen atoms in total. The quantitative estimate of drug-likeness (QED) is 0.557. The van der Waals surface area contributed by atoms with Gasteiger partial charge in [0.1, 0.15) is 0 Å². The molecule has 0 saturated heterocycles. The molecule has 0 aromatic heterocycles. The number of hydrogen-bond donors (Lipinski definition) is 1. The molecule has 0 aliphatic rings. The van der Waals surface area contributed by atoms with Crippen molar-refractivity contribution in [2.24, 2.45) is 0 Å². The zero-order chi connectivity index (χ0) is 18.2. The average molecular weight is 324 g/mol. The molecule has 0 unspecified atom stereocenters. The van der Waals surface area contributed by atoms with E-state index in [4.69, 9.17) is 5.41 Å². The molecule has 2 aromatic carbocycles. The van der Waals surface area contributed by atoms with Crippen molar-refractivity contribution in [1.82, 2.24) is 0 Å². The fourth-order valence-electron chi connectivity index (χ4n) is 2.06. The molecule has 24 heavy (non-hydrogen) atoms. The van der Waals surface area contributed by atoms with Gasteiger partial charge >= 0.3 is 0 Å². The Hall–Kier alpha value is -2.15. The Kier molecular flexibility index (Phi) is 13.1. The summed E-state index contributed by atoms with van der Waals surface area (Å²) in [5.41, 5.74) is 4.87. The summed E-state index contributed by atoms with van der Waals surface area (Å²) in [5.74, 6) is 0. The van der Waals surface area contributed by atoms with Gasteiger partial charge in [0, 0.05) is 6.21 Å². The van der Waals surface area contributed by atoms with E-state index in [2.05, 4.69) is 75.4 Å². The van der Waals surface area contributed by atoms with E-state index in [-0.39, 0.29) is 0 Å². The fourth-order valence-corrected chi connectivity index (χ4v) is 2.06. The summed E-state index contributed by atoms with van der Waals surface area (Å²) in [6.07, 6.45) is 6.64. The molecule has 0 atom stereocenters. The van der Waals surface area contributed by atoms with Crippen LogP contribution in [0.3, 0.4) is 0 Å². The second kappa shape index (κ2) is 14.4. The van der Waals surface area contributed by atoms with E-state index in [1.54, 1.807) is 0 Å². The first-order valence-corrected chi connectivity index (χ1v) is 9.08. The lowest BCUT2D eigenvalue weighted by molar-refractivity contribution is 1.09. The molecule has 0 saturated carbocycles. The minimum absolute atomic E-state index is 0.888. The molecule has 0 spiro atoms. The van der Waals surface area contributed by atoms with Crippen LogP contribution in [0.1, 0.15) is 53.0 Å². The topological polar surface area (TPSA) is 23.9 Å². The number of benzene rings is 2. The lowest BCUT2D eigenvalue weighted by Crippen LogP contribution is -1.87. The molecule has 1 heteroatoms. The zero-order valence-corrected chi connectivity index (χ0v) is 16.0. The van der Waals surface area contributed by atoms with Gasteiger partial charge < -0.3 is 5.41 Å². The van der Waals surface area contributed by atoms with Gasteiger partial charge in [-0.15, -0.1) is 0 Å². The Labute approximate surface area is 149 Å². The van der Waals surface area contributed by atoms with Crippen LogP contribution < -0.4 is 0 Å². The molecule has 0 amide bonds. The lowest BCUT2D eigenvalue weighted by Gasteiger charge is -2.04. The predicted molar refractivity (Wildman–Crippen MR) is 110 cm³/mol. The maximum Gasteiger partial charge on any atom is 0.0206 e. The van der Waals surface area contributed by atoms with Crippen molar-refractivity contribution >= 4 is 6.21 Å². The minimum atomic E-state index is 0.888. The summed E-state index contributed by atoms with van der Waals surface area (Å²) in [6.45, 7) is 10.3. The van der Waals surface area contributed by atoms with Crippen LogP contribution in [0, 0.1) is 5.41 Å². The maximum atomic E-state index is 7.31. The molecule has 2 rings (SSSR count). The summed E-state index contributed by atoms with van der Waals surface area (Å²) < 4.78 is 0. The molecule has 130 valence electrons. The van der Waals surface area contributed by atoms with E-state index in [0.717, 1.165) is 18.4 Å².